The highest BCUT2D eigenvalue weighted by Gasteiger charge is 2.31. The van der Waals surface area contributed by atoms with E-state index in [1.807, 2.05) is 37.6 Å². The van der Waals surface area contributed by atoms with E-state index >= 15 is 0 Å². The predicted molar refractivity (Wildman–Crippen MR) is 93.9 cm³/mol. The third-order valence-electron chi connectivity index (χ3n) is 5.05. The first kappa shape index (κ1) is 15.7. The second kappa shape index (κ2) is 6.27. The minimum atomic E-state index is -0.162. The molecule has 25 heavy (non-hydrogen) atoms. The van der Waals surface area contributed by atoms with Crippen LogP contribution in [0.3, 0.4) is 0 Å². The van der Waals surface area contributed by atoms with Crippen LogP contribution in [0, 0.1) is 6.92 Å². The van der Waals surface area contributed by atoms with Gasteiger partial charge >= 0.3 is 0 Å². The molecule has 130 valence electrons. The number of carbonyl (C=O) groups is 1. The minimum Gasteiger partial charge on any atom is -0.497 e. The zero-order valence-electron chi connectivity index (χ0n) is 14.4. The number of hydrogen-bond donors (Lipinski definition) is 1. The van der Waals surface area contributed by atoms with Gasteiger partial charge < -0.3 is 19.0 Å². The van der Waals surface area contributed by atoms with Crippen molar-refractivity contribution in [2.24, 2.45) is 0 Å². The lowest BCUT2D eigenvalue weighted by Gasteiger charge is -2.21. The van der Waals surface area contributed by atoms with E-state index in [-0.39, 0.29) is 18.0 Å². The van der Waals surface area contributed by atoms with Crippen molar-refractivity contribution in [3.05, 3.63) is 48.2 Å². The second-order valence-electron chi connectivity index (χ2n) is 6.51. The van der Waals surface area contributed by atoms with E-state index in [9.17, 15) is 4.79 Å². The average molecular weight is 339 g/mol. The Hall–Kier alpha value is -2.76. The number of fused-ring (bicyclic) bond motifs is 1. The molecule has 1 aliphatic carbocycles. The maximum atomic E-state index is 12.8. The summed E-state index contributed by atoms with van der Waals surface area (Å²) in [6.07, 6.45) is 8.62. The van der Waals surface area contributed by atoms with Crippen LogP contribution in [0.2, 0.25) is 0 Å². The highest BCUT2D eigenvalue weighted by Crippen LogP contribution is 2.32. The Bertz CT molecular complexity index is 898. The fraction of sp³-hybridized carbons (Fsp3) is 0.368. The molecule has 2 unspecified atom stereocenters. The van der Waals surface area contributed by atoms with Gasteiger partial charge in [0, 0.05) is 23.3 Å². The van der Waals surface area contributed by atoms with Crippen LogP contribution in [-0.2, 0) is 0 Å². The topological polar surface area (TPSA) is 69.3 Å². The number of nitrogens with zero attached hydrogens (tertiary/aromatic N) is 2. The monoisotopic (exact) mass is 339 g/mol. The first-order chi connectivity index (χ1) is 12.2. The third kappa shape index (κ3) is 2.77. The Balaban J connectivity index is 1.59. The van der Waals surface area contributed by atoms with Crippen LogP contribution in [0.25, 0.3) is 11.0 Å². The number of rotatable bonds is 4. The van der Waals surface area contributed by atoms with Crippen LogP contribution in [0.15, 0.2) is 41.3 Å². The number of amides is 1. The minimum absolute atomic E-state index is 0.0869. The van der Waals surface area contributed by atoms with Crippen LogP contribution < -0.4 is 10.1 Å². The maximum Gasteiger partial charge on any atom is 0.287 e. The lowest BCUT2D eigenvalue weighted by Crippen LogP contribution is -2.38. The van der Waals surface area contributed by atoms with Gasteiger partial charge in [0.05, 0.1) is 25.5 Å². The van der Waals surface area contributed by atoms with Crippen molar-refractivity contribution in [2.75, 3.05) is 7.11 Å². The van der Waals surface area contributed by atoms with Gasteiger partial charge in [0.25, 0.3) is 5.91 Å². The van der Waals surface area contributed by atoms with E-state index in [0.29, 0.717) is 11.3 Å². The van der Waals surface area contributed by atoms with Gasteiger partial charge in [0.15, 0.2) is 5.76 Å². The fourth-order valence-corrected chi connectivity index (χ4v) is 3.71. The molecule has 2 heterocycles. The van der Waals surface area contributed by atoms with Gasteiger partial charge in [-0.2, -0.15) is 0 Å². The number of methoxy groups -OCH3 is 1. The molecule has 1 saturated carbocycles. The lowest BCUT2D eigenvalue weighted by atomic mass is 10.1. The summed E-state index contributed by atoms with van der Waals surface area (Å²) in [5, 5.41) is 4.06. The van der Waals surface area contributed by atoms with Gasteiger partial charge in [-0.25, -0.2) is 4.98 Å². The smallest absolute Gasteiger partial charge is 0.287 e. The quantitative estimate of drug-likeness (QED) is 0.790. The zero-order valence-corrected chi connectivity index (χ0v) is 14.4. The van der Waals surface area contributed by atoms with Crippen molar-refractivity contribution >= 4 is 16.9 Å². The van der Waals surface area contributed by atoms with E-state index in [0.717, 1.165) is 36.0 Å². The summed E-state index contributed by atoms with van der Waals surface area (Å²) in [4.78, 5) is 16.9. The number of benzene rings is 1. The van der Waals surface area contributed by atoms with Gasteiger partial charge in [-0.3, -0.25) is 4.79 Å². The van der Waals surface area contributed by atoms with Crippen molar-refractivity contribution in [1.82, 2.24) is 14.9 Å². The van der Waals surface area contributed by atoms with Crippen molar-refractivity contribution in [2.45, 2.75) is 38.3 Å². The van der Waals surface area contributed by atoms with Crippen molar-refractivity contribution in [1.29, 1.82) is 0 Å². The molecule has 3 aromatic rings. The van der Waals surface area contributed by atoms with Gasteiger partial charge in [-0.15, -0.1) is 0 Å². The van der Waals surface area contributed by atoms with E-state index in [1.165, 1.54) is 0 Å². The second-order valence-corrected chi connectivity index (χ2v) is 6.51. The average Bonchev–Trinajstić information content (AvgIpc) is 3.35. The molecule has 0 saturated heterocycles. The third-order valence-corrected chi connectivity index (χ3v) is 5.05. The predicted octanol–water partition coefficient (Wildman–Crippen LogP) is 3.47. The van der Waals surface area contributed by atoms with Crippen LogP contribution in [-0.4, -0.2) is 28.6 Å². The molecule has 2 aromatic heterocycles. The Morgan fingerprint density at radius 2 is 2.28 bits per heavy atom. The van der Waals surface area contributed by atoms with Gasteiger partial charge in [0.1, 0.15) is 11.3 Å². The fourth-order valence-electron chi connectivity index (χ4n) is 3.71. The summed E-state index contributed by atoms with van der Waals surface area (Å²) in [6, 6.07) is 5.90. The molecule has 0 spiro atoms. The van der Waals surface area contributed by atoms with Gasteiger partial charge in [0.2, 0.25) is 0 Å². The molecule has 1 aliphatic rings. The van der Waals surface area contributed by atoms with Gasteiger partial charge in [-0.05, 0) is 44.4 Å². The van der Waals surface area contributed by atoms with Gasteiger partial charge in [-0.1, -0.05) is 0 Å². The number of ether oxygens (including phenoxy) is 1. The molecule has 1 N–H and O–H groups in total. The molecule has 0 aliphatic heterocycles. The van der Waals surface area contributed by atoms with Crippen molar-refractivity contribution < 1.29 is 13.9 Å². The number of furan rings is 1. The summed E-state index contributed by atoms with van der Waals surface area (Å²) in [5.41, 5.74) is 1.53. The SMILES string of the molecule is COc1ccc2oc(C(=O)NC3CCCC3n3ccnc3)c(C)c2c1. The number of aryl methyl sites for hydroxylation is 1. The molecular weight excluding hydrogens is 318 g/mol. The van der Waals surface area contributed by atoms with Crippen molar-refractivity contribution in [3.63, 3.8) is 0 Å². The summed E-state index contributed by atoms with van der Waals surface area (Å²) >= 11 is 0. The first-order valence-electron chi connectivity index (χ1n) is 8.53. The molecule has 1 amide bonds. The number of hydrogen-bond acceptors (Lipinski definition) is 4. The van der Waals surface area contributed by atoms with E-state index in [4.69, 9.17) is 9.15 Å². The zero-order chi connectivity index (χ0) is 17.4. The standard InChI is InChI=1S/C19H21N3O3/c1-12-14-10-13(24-2)6-7-17(14)25-18(12)19(23)21-15-4-3-5-16(15)22-9-8-20-11-22/h6-11,15-16H,3-5H2,1-2H3,(H,21,23). The summed E-state index contributed by atoms with van der Waals surface area (Å²) < 4.78 is 13.1. The Kier molecular flexibility index (Phi) is 3.95. The van der Waals surface area contributed by atoms with E-state index < -0.39 is 0 Å². The molecule has 0 radical (unpaired) electrons. The van der Waals surface area contributed by atoms with E-state index in [1.54, 1.807) is 13.3 Å². The Morgan fingerprint density at radius 3 is 3.04 bits per heavy atom. The molecule has 4 rings (SSSR count). The first-order valence-corrected chi connectivity index (χ1v) is 8.53. The lowest BCUT2D eigenvalue weighted by molar-refractivity contribution is 0.0902. The van der Waals surface area contributed by atoms with Crippen LogP contribution >= 0.6 is 0 Å². The number of carbonyl (C=O) groups excluding carboxylic acids is 1. The molecular formula is C19H21N3O3. The maximum absolute atomic E-state index is 12.8. The van der Waals surface area contributed by atoms with Crippen molar-refractivity contribution in [3.8, 4) is 5.75 Å². The summed E-state index contributed by atoms with van der Waals surface area (Å²) in [5.74, 6) is 0.962. The molecule has 2 atom stereocenters. The molecule has 1 fully saturated rings. The molecule has 6 nitrogen and oxygen atoms in total. The number of aromatic nitrogens is 2. The summed E-state index contributed by atoms with van der Waals surface area (Å²) in [6.45, 7) is 1.90. The van der Waals surface area contributed by atoms with Crippen LogP contribution in [0.5, 0.6) is 5.75 Å². The molecule has 6 heteroatoms. The Labute approximate surface area is 145 Å². The van der Waals surface area contributed by atoms with E-state index in [2.05, 4.69) is 14.9 Å². The largest absolute Gasteiger partial charge is 0.497 e. The highest BCUT2D eigenvalue weighted by atomic mass is 16.5. The van der Waals surface area contributed by atoms with Crippen LogP contribution in [0.1, 0.15) is 41.4 Å². The van der Waals surface area contributed by atoms with Crippen LogP contribution in [0.4, 0.5) is 0 Å². The Morgan fingerprint density at radius 1 is 1.40 bits per heavy atom. The summed E-state index contributed by atoms with van der Waals surface area (Å²) in [7, 11) is 1.63. The molecule has 1 aromatic carbocycles. The number of imidazole rings is 1. The molecule has 0 bridgehead atoms. The highest BCUT2D eigenvalue weighted by molar-refractivity contribution is 5.99. The normalized spacial score (nSPS) is 20.1. The number of nitrogens with one attached hydrogen (secondary N) is 1.